The first kappa shape index (κ1) is 16.5. The van der Waals surface area contributed by atoms with Crippen molar-refractivity contribution in [2.45, 2.75) is 39.3 Å². The molecule has 4 nitrogen and oxygen atoms in total. The van der Waals surface area contributed by atoms with Crippen LogP contribution >= 0.6 is 0 Å². The fourth-order valence-corrected chi connectivity index (χ4v) is 2.08. The Kier molecular flexibility index (Phi) is 5.98. The molecular weight excluding hydrogens is 288 g/mol. The summed E-state index contributed by atoms with van der Waals surface area (Å²) in [6.07, 6.45) is -1.30. The molecule has 2 N–H and O–H groups in total. The zero-order chi connectivity index (χ0) is 15.9. The zero-order valence-electron chi connectivity index (χ0n) is 13.0. The van der Waals surface area contributed by atoms with Crippen LogP contribution in [0, 0.1) is 5.92 Å². The fraction of sp³-hybridized carbons (Fsp3) is 0.562. The molecule has 0 heterocycles. The van der Waals surface area contributed by atoms with Gasteiger partial charge in [0.15, 0.2) is 5.96 Å². The molecule has 0 aromatic heterocycles. The van der Waals surface area contributed by atoms with E-state index in [1.165, 1.54) is 6.42 Å². The molecule has 1 aliphatic carbocycles. The number of ether oxygens (including phenoxy) is 1. The van der Waals surface area contributed by atoms with Crippen LogP contribution in [-0.4, -0.2) is 31.6 Å². The van der Waals surface area contributed by atoms with E-state index in [1.54, 1.807) is 18.2 Å². The quantitative estimate of drug-likeness (QED) is 0.601. The van der Waals surface area contributed by atoms with Gasteiger partial charge >= 0.3 is 0 Å². The standard InChI is InChI=1S/C16H23F2N3O/c1-3-19-16(21-14-7-11(14)2)20-9-12-5-4-6-13(8-12)22-10-15(17)18/h4-6,8,11,14-15H,3,7,9-10H2,1-2H3,(H2,19,20,21). The lowest BCUT2D eigenvalue weighted by Gasteiger charge is -2.11. The molecule has 2 unspecified atom stereocenters. The molecule has 1 fully saturated rings. The number of hydrogen-bond acceptors (Lipinski definition) is 2. The van der Waals surface area contributed by atoms with Gasteiger partial charge in [0.05, 0.1) is 6.54 Å². The van der Waals surface area contributed by atoms with Crippen molar-refractivity contribution in [3.63, 3.8) is 0 Å². The smallest absolute Gasteiger partial charge is 0.272 e. The molecular formula is C16H23F2N3O. The molecule has 0 bridgehead atoms. The maximum atomic E-state index is 12.2. The number of benzene rings is 1. The van der Waals surface area contributed by atoms with Crippen LogP contribution in [0.5, 0.6) is 5.75 Å². The Labute approximate surface area is 130 Å². The number of rotatable bonds is 7. The lowest BCUT2D eigenvalue weighted by Crippen LogP contribution is -2.39. The lowest BCUT2D eigenvalue weighted by molar-refractivity contribution is 0.0818. The molecule has 0 aliphatic heterocycles. The Hall–Kier alpha value is -1.85. The van der Waals surface area contributed by atoms with Gasteiger partial charge in [0, 0.05) is 12.6 Å². The highest BCUT2D eigenvalue weighted by Crippen LogP contribution is 2.28. The van der Waals surface area contributed by atoms with Crippen molar-refractivity contribution in [2.75, 3.05) is 13.2 Å². The Morgan fingerprint density at radius 1 is 1.45 bits per heavy atom. The average molecular weight is 311 g/mol. The van der Waals surface area contributed by atoms with Gasteiger partial charge in [-0.3, -0.25) is 0 Å². The minimum Gasteiger partial charge on any atom is -0.488 e. The summed E-state index contributed by atoms with van der Waals surface area (Å²) in [5, 5.41) is 6.58. The topological polar surface area (TPSA) is 45.7 Å². The summed E-state index contributed by atoms with van der Waals surface area (Å²) in [5.74, 6) is 1.92. The van der Waals surface area contributed by atoms with Crippen molar-refractivity contribution in [1.29, 1.82) is 0 Å². The SMILES string of the molecule is CCNC(=NCc1cccc(OCC(F)F)c1)NC1CC1C. The number of nitrogens with zero attached hydrogens (tertiary/aromatic N) is 1. The predicted octanol–water partition coefficient (Wildman–Crippen LogP) is 2.79. The van der Waals surface area contributed by atoms with Crippen molar-refractivity contribution in [1.82, 2.24) is 10.6 Å². The van der Waals surface area contributed by atoms with Crippen LogP contribution in [-0.2, 0) is 6.54 Å². The third-order valence-electron chi connectivity index (χ3n) is 3.47. The van der Waals surface area contributed by atoms with Crippen molar-refractivity contribution in [3.05, 3.63) is 29.8 Å². The highest BCUT2D eigenvalue weighted by Gasteiger charge is 2.33. The summed E-state index contributed by atoms with van der Waals surface area (Å²) >= 11 is 0. The van der Waals surface area contributed by atoms with E-state index in [4.69, 9.17) is 4.74 Å². The fourth-order valence-electron chi connectivity index (χ4n) is 2.08. The van der Waals surface area contributed by atoms with Crippen LogP contribution < -0.4 is 15.4 Å². The van der Waals surface area contributed by atoms with Gasteiger partial charge in [-0.2, -0.15) is 0 Å². The molecule has 1 aromatic rings. The molecule has 0 spiro atoms. The number of halogens is 2. The van der Waals surface area contributed by atoms with E-state index in [-0.39, 0.29) is 0 Å². The van der Waals surface area contributed by atoms with Crippen LogP contribution in [0.3, 0.4) is 0 Å². The van der Waals surface area contributed by atoms with Gasteiger partial charge in [0.1, 0.15) is 12.4 Å². The van der Waals surface area contributed by atoms with Crippen LogP contribution in [0.4, 0.5) is 8.78 Å². The van der Waals surface area contributed by atoms with E-state index in [9.17, 15) is 8.78 Å². The first-order valence-electron chi connectivity index (χ1n) is 7.63. The number of alkyl halides is 2. The molecule has 0 saturated heterocycles. The normalized spacial score (nSPS) is 20.9. The summed E-state index contributed by atoms with van der Waals surface area (Å²) in [5.41, 5.74) is 0.924. The lowest BCUT2D eigenvalue weighted by atomic mass is 10.2. The third kappa shape index (κ3) is 5.50. The van der Waals surface area contributed by atoms with E-state index in [0.717, 1.165) is 18.1 Å². The summed E-state index contributed by atoms with van der Waals surface area (Å²) in [7, 11) is 0. The second kappa shape index (κ2) is 7.96. The van der Waals surface area contributed by atoms with E-state index >= 15 is 0 Å². The molecule has 1 saturated carbocycles. The monoisotopic (exact) mass is 311 g/mol. The van der Waals surface area contributed by atoms with Gasteiger partial charge in [-0.1, -0.05) is 19.1 Å². The number of aliphatic imine (C=N–C) groups is 1. The summed E-state index contributed by atoms with van der Waals surface area (Å²) < 4.78 is 29.3. The molecule has 2 rings (SSSR count). The molecule has 22 heavy (non-hydrogen) atoms. The molecule has 0 radical (unpaired) electrons. The van der Waals surface area contributed by atoms with Gasteiger partial charge in [-0.05, 0) is 37.0 Å². The Morgan fingerprint density at radius 3 is 2.86 bits per heavy atom. The highest BCUT2D eigenvalue weighted by molar-refractivity contribution is 5.80. The number of nitrogens with one attached hydrogen (secondary N) is 2. The molecule has 1 aliphatic rings. The first-order chi connectivity index (χ1) is 10.6. The van der Waals surface area contributed by atoms with Gasteiger partial charge in [-0.15, -0.1) is 0 Å². The summed E-state index contributed by atoms with van der Waals surface area (Å²) in [6.45, 7) is 4.90. The molecule has 122 valence electrons. The summed E-state index contributed by atoms with van der Waals surface area (Å²) in [4.78, 5) is 4.53. The van der Waals surface area contributed by atoms with Crippen LogP contribution in [0.25, 0.3) is 0 Å². The third-order valence-corrected chi connectivity index (χ3v) is 3.47. The van der Waals surface area contributed by atoms with E-state index < -0.39 is 13.0 Å². The van der Waals surface area contributed by atoms with E-state index in [2.05, 4.69) is 22.5 Å². The molecule has 2 atom stereocenters. The Balaban J connectivity index is 1.92. The van der Waals surface area contributed by atoms with Crippen molar-refractivity contribution < 1.29 is 13.5 Å². The second-order valence-corrected chi connectivity index (χ2v) is 5.51. The van der Waals surface area contributed by atoms with Gasteiger partial charge in [0.25, 0.3) is 6.43 Å². The van der Waals surface area contributed by atoms with E-state index in [1.807, 2.05) is 13.0 Å². The second-order valence-electron chi connectivity index (χ2n) is 5.51. The van der Waals surface area contributed by atoms with Gasteiger partial charge in [0.2, 0.25) is 0 Å². The Bertz CT molecular complexity index is 508. The minimum atomic E-state index is -2.47. The zero-order valence-corrected chi connectivity index (χ0v) is 13.0. The van der Waals surface area contributed by atoms with Crippen molar-refractivity contribution in [3.8, 4) is 5.75 Å². The predicted molar refractivity (Wildman–Crippen MR) is 83.5 cm³/mol. The highest BCUT2D eigenvalue weighted by atomic mass is 19.3. The number of guanidine groups is 1. The Morgan fingerprint density at radius 2 is 2.23 bits per heavy atom. The number of hydrogen-bond donors (Lipinski definition) is 2. The molecule has 0 amide bonds. The van der Waals surface area contributed by atoms with Crippen LogP contribution in [0.15, 0.2) is 29.3 Å². The largest absolute Gasteiger partial charge is 0.488 e. The minimum absolute atomic E-state index is 0.446. The van der Waals surface area contributed by atoms with Gasteiger partial charge in [-0.25, -0.2) is 13.8 Å². The summed E-state index contributed by atoms with van der Waals surface area (Å²) in [6, 6.07) is 7.61. The van der Waals surface area contributed by atoms with E-state index in [0.29, 0.717) is 24.3 Å². The maximum absolute atomic E-state index is 12.2. The van der Waals surface area contributed by atoms with Crippen molar-refractivity contribution >= 4 is 5.96 Å². The van der Waals surface area contributed by atoms with Crippen LogP contribution in [0.2, 0.25) is 0 Å². The molecule has 6 heteroatoms. The first-order valence-corrected chi connectivity index (χ1v) is 7.63. The average Bonchev–Trinajstić information content (AvgIpc) is 3.18. The molecule has 1 aromatic carbocycles. The maximum Gasteiger partial charge on any atom is 0.272 e. The van der Waals surface area contributed by atoms with Crippen LogP contribution in [0.1, 0.15) is 25.8 Å². The van der Waals surface area contributed by atoms with Crippen molar-refractivity contribution in [2.24, 2.45) is 10.9 Å². The van der Waals surface area contributed by atoms with Gasteiger partial charge < -0.3 is 15.4 Å².